The number of hydrogen-bond donors (Lipinski definition) is 0. The van der Waals surface area contributed by atoms with Crippen LogP contribution in [0.1, 0.15) is 24.6 Å². The Morgan fingerprint density at radius 1 is 1.00 bits per heavy atom. The number of fused-ring (bicyclic) bond motifs is 1. The molecule has 2 aromatic rings. The molecular formula is C18H16Cl2N2O. The lowest BCUT2D eigenvalue weighted by atomic mass is 10.1. The summed E-state index contributed by atoms with van der Waals surface area (Å²) in [6, 6.07) is 15.2. The molecule has 2 heterocycles. The van der Waals surface area contributed by atoms with E-state index in [2.05, 4.69) is 4.90 Å². The molecule has 2 fully saturated rings. The molecule has 0 saturated carbocycles. The van der Waals surface area contributed by atoms with Crippen LogP contribution < -0.4 is 4.90 Å². The van der Waals surface area contributed by atoms with Crippen molar-refractivity contribution in [3.05, 3.63) is 64.1 Å². The minimum absolute atomic E-state index is 0.0327. The van der Waals surface area contributed by atoms with E-state index < -0.39 is 0 Å². The van der Waals surface area contributed by atoms with Crippen LogP contribution in [0, 0.1) is 0 Å². The van der Waals surface area contributed by atoms with Crippen molar-refractivity contribution in [3.63, 3.8) is 0 Å². The largest absolute Gasteiger partial charge is 0.291 e. The molecule has 1 amide bonds. The first-order chi connectivity index (χ1) is 11.1. The number of amides is 1. The second kappa shape index (κ2) is 5.82. The van der Waals surface area contributed by atoms with Gasteiger partial charge in [-0.15, -0.1) is 0 Å². The van der Waals surface area contributed by atoms with E-state index in [9.17, 15) is 4.79 Å². The van der Waals surface area contributed by atoms with E-state index in [1.54, 1.807) is 0 Å². The third-order valence-corrected chi connectivity index (χ3v) is 5.11. The highest BCUT2D eigenvalue weighted by Gasteiger charge is 2.49. The average molecular weight is 347 g/mol. The summed E-state index contributed by atoms with van der Waals surface area (Å²) in [4.78, 5) is 17.1. The fourth-order valence-corrected chi connectivity index (χ4v) is 3.98. The Bertz CT molecular complexity index is 747. The SMILES string of the molecule is O=C1[C@@H]2CCCN2[C@@H](c2cccc(Cl)c2)N1c1ccc(Cl)cc1. The molecule has 2 aliphatic rings. The highest BCUT2D eigenvalue weighted by molar-refractivity contribution is 6.31. The topological polar surface area (TPSA) is 23.6 Å². The maximum atomic E-state index is 13.0. The minimum Gasteiger partial charge on any atom is -0.291 e. The number of nitrogens with zero attached hydrogens (tertiary/aromatic N) is 2. The van der Waals surface area contributed by atoms with E-state index in [0.29, 0.717) is 10.0 Å². The van der Waals surface area contributed by atoms with Crippen molar-refractivity contribution in [2.24, 2.45) is 0 Å². The van der Waals surface area contributed by atoms with Gasteiger partial charge in [-0.3, -0.25) is 14.6 Å². The van der Waals surface area contributed by atoms with Gasteiger partial charge in [0, 0.05) is 22.3 Å². The number of carbonyl (C=O) groups is 1. The quantitative estimate of drug-likeness (QED) is 0.798. The fraction of sp³-hybridized carbons (Fsp3) is 0.278. The summed E-state index contributed by atoms with van der Waals surface area (Å²) in [5, 5.41) is 1.36. The number of carbonyl (C=O) groups excluding carboxylic acids is 1. The van der Waals surface area contributed by atoms with E-state index in [1.165, 1.54) is 0 Å². The molecule has 118 valence electrons. The first-order valence-corrected chi connectivity index (χ1v) is 8.50. The molecule has 2 aliphatic heterocycles. The van der Waals surface area contributed by atoms with Crippen LogP contribution in [0.3, 0.4) is 0 Å². The van der Waals surface area contributed by atoms with Crippen molar-refractivity contribution in [2.45, 2.75) is 25.0 Å². The normalized spacial score (nSPS) is 24.3. The molecule has 0 bridgehead atoms. The van der Waals surface area contributed by atoms with Gasteiger partial charge in [-0.1, -0.05) is 35.3 Å². The number of rotatable bonds is 2. The maximum Gasteiger partial charge on any atom is 0.246 e. The van der Waals surface area contributed by atoms with Crippen molar-refractivity contribution >= 4 is 34.8 Å². The molecule has 0 N–H and O–H groups in total. The summed E-state index contributed by atoms with van der Waals surface area (Å²) in [6.45, 7) is 0.928. The van der Waals surface area contributed by atoms with Crippen LogP contribution >= 0.6 is 23.2 Å². The summed E-state index contributed by atoms with van der Waals surface area (Å²) in [5.41, 5.74) is 1.92. The minimum atomic E-state index is -0.102. The molecule has 0 unspecified atom stereocenters. The molecule has 0 aliphatic carbocycles. The molecule has 5 heteroatoms. The molecule has 2 atom stereocenters. The lowest BCUT2D eigenvalue weighted by Gasteiger charge is -2.30. The molecule has 0 spiro atoms. The highest BCUT2D eigenvalue weighted by Crippen LogP contribution is 2.42. The lowest BCUT2D eigenvalue weighted by Crippen LogP contribution is -2.32. The van der Waals surface area contributed by atoms with E-state index in [0.717, 1.165) is 30.6 Å². The van der Waals surface area contributed by atoms with Crippen LogP contribution in [0.4, 0.5) is 5.69 Å². The van der Waals surface area contributed by atoms with Crippen LogP contribution in [-0.4, -0.2) is 23.4 Å². The van der Waals surface area contributed by atoms with Gasteiger partial charge in [0.15, 0.2) is 0 Å². The Balaban J connectivity index is 1.81. The van der Waals surface area contributed by atoms with Gasteiger partial charge < -0.3 is 0 Å². The molecule has 3 nitrogen and oxygen atoms in total. The predicted molar refractivity (Wildman–Crippen MR) is 92.9 cm³/mol. The van der Waals surface area contributed by atoms with E-state index in [4.69, 9.17) is 23.2 Å². The maximum absolute atomic E-state index is 13.0. The average Bonchev–Trinajstić information content (AvgIpc) is 3.11. The Hall–Kier alpha value is -1.55. The van der Waals surface area contributed by atoms with Crippen molar-refractivity contribution < 1.29 is 4.79 Å². The Morgan fingerprint density at radius 2 is 1.78 bits per heavy atom. The second-order valence-corrected chi connectivity index (χ2v) is 6.88. The summed E-state index contributed by atoms with van der Waals surface area (Å²) in [6.07, 6.45) is 1.87. The van der Waals surface area contributed by atoms with E-state index >= 15 is 0 Å². The summed E-state index contributed by atoms with van der Waals surface area (Å²) in [5.74, 6) is 0.162. The molecule has 2 aromatic carbocycles. The van der Waals surface area contributed by atoms with E-state index in [-0.39, 0.29) is 18.1 Å². The Labute approximate surface area is 145 Å². The van der Waals surface area contributed by atoms with Gasteiger partial charge in [0.05, 0.1) is 6.04 Å². The highest BCUT2D eigenvalue weighted by atomic mass is 35.5. The van der Waals surface area contributed by atoms with Gasteiger partial charge in [-0.2, -0.15) is 0 Å². The summed E-state index contributed by atoms with van der Waals surface area (Å²) >= 11 is 12.2. The van der Waals surface area contributed by atoms with Crippen molar-refractivity contribution in [2.75, 3.05) is 11.4 Å². The molecule has 2 saturated heterocycles. The standard InChI is InChI=1S/C18H16Cl2N2O/c19-13-6-8-15(9-7-13)22-17(12-3-1-4-14(20)11-12)21-10-2-5-16(21)18(22)23/h1,3-4,6-9,11,16-17H,2,5,10H2/t16-,17+/m0/s1. The van der Waals surface area contributed by atoms with Crippen LogP contribution in [0.2, 0.25) is 10.0 Å². The van der Waals surface area contributed by atoms with Gasteiger partial charge in [-0.05, 0) is 54.8 Å². The molecule has 0 radical (unpaired) electrons. The third-order valence-electron chi connectivity index (χ3n) is 4.63. The number of hydrogen-bond acceptors (Lipinski definition) is 2. The monoisotopic (exact) mass is 346 g/mol. The molecule has 4 rings (SSSR count). The van der Waals surface area contributed by atoms with Crippen LogP contribution in [0.5, 0.6) is 0 Å². The van der Waals surface area contributed by atoms with E-state index in [1.807, 2.05) is 53.4 Å². The van der Waals surface area contributed by atoms with Gasteiger partial charge >= 0.3 is 0 Å². The third kappa shape index (κ3) is 2.53. The van der Waals surface area contributed by atoms with Gasteiger partial charge in [0.2, 0.25) is 5.91 Å². The molecule has 0 aromatic heterocycles. The van der Waals surface area contributed by atoms with Crippen LogP contribution in [0.25, 0.3) is 0 Å². The van der Waals surface area contributed by atoms with Gasteiger partial charge in [0.25, 0.3) is 0 Å². The zero-order valence-electron chi connectivity index (χ0n) is 12.5. The fourth-order valence-electron chi connectivity index (χ4n) is 3.65. The first kappa shape index (κ1) is 15.0. The zero-order chi connectivity index (χ0) is 16.0. The zero-order valence-corrected chi connectivity index (χ0v) is 14.0. The van der Waals surface area contributed by atoms with Crippen molar-refractivity contribution in [3.8, 4) is 0 Å². The molecular weight excluding hydrogens is 331 g/mol. The summed E-state index contributed by atoms with van der Waals surface area (Å²) in [7, 11) is 0. The number of halogens is 2. The predicted octanol–water partition coefficient (Wildman–Crippen LogP) is 4.50. The lowest BCUT2D eigenvalue weighted by molar-refractivity contribution is -0.119. The van der Waals surface area contributed by atoms with Crippen molar-refractivity contribution in [1.82, 2.24) is 4.90 Å². The van der Waals surface area contributed by atoms with Crippen molar-refractivity contribution in [1.29, 1.82) is 0 Å². The summed E-state index contributed by atoms with van der Waals surface area (Å²) < 4.78 is 0. The van der Waals surface area contributed by atoms with Gasteiger partial charge in [-0.25, -0.2) is 0 Å². The molecule has 23 heavy (non-hydrogen) atoms. The second-order valence-electron chi connectivity index (χ2n) is 6.01. The first-order valence-electron chi connectivity index (χ1n) is 7.75. The van der Waals surface area contributed by atoms with Gasteiger partial charge in [0.1, 0.15) is 6.17 Å². The van der Waals surface area contributed by atoms with Crippen LogP contribution in [0.15, 0.2) is 48.5 Å². The number of anilines is 1. The van der Waals surface area contributed by atoms with Crippen LogP contribution in [-0.2, 0) is 4.79 Å². The Morgan fingerprint density at radius 3 is 2.52 bits per heavy atom. The number of benzene rings is 2. The Kier molecular flexibility index (Phi) is 3.80. The smallest absolute Gasteiger partial charge is 0.246 e.